The van der Waals surface area contributed by atoms with Gasteiger partial charge in [-0.25, -0.2) is 0 Å². The zero-order valence-corrected chi connectivity index (χ0v) is 12.4. The number of rotatable bonds is 6. The summed E-state index contributed by atoms with van der Waals surface area (Å²) in [5.41, 5.74) is 3.33. The van der Waals surface area contributed by atoms with E-state index in [9.17, 15) is 0 Å². The molecule has 3 nitrogen and oxygen atoms in total. The number of hydrogen-bond acceptors (Lipinski definition) is 3. The lowest BCUT2D eigenvalue weighted by molar-refractivity contribution is 0.471. The largest absolute Gasteiger partial charge is 0.457 e. The van der Waals surface area contributed by atoms with Crippen LogP contribution in [0.2, 0.25) is 0 Å². The summed E-state index contributed by atoms with van der Waals surface area (Å²) >= 11 is 0. The van der Waals surface area contributed by atoms with E-state index in [1.165, 1.54) is 5.56 Å². The number of aromatic nitrogens is 1. The van der Waals surface area contributed by atoms with Crippen LogP contribution in [-0.4, -0.2) is 11.5 Å². The van der Waals surface area contributed by atoms with Gasteiger partial charge in [0, 0.05) is 30.1 Å². The van der Waals surface area contributed by atoms with Gasteiger partial charge in [0.05, 0.1) is 0 Å². The molecule has 0 aliphatic rings. The SMILES string of the molecule is CCNCc1cnc(C)cc1Oc1cccc(CC)c1. The Bertz CT molecular complexity index is 567. The van der Waals surface area contributed by atoms with Gasteiger partial charge in [-0.1, -0.05) is 26.0 Å². The summed E-state index contributed by atoms with van der Waals surface area (Å²) < 4.78 is 6.05. The van der Waals surface area contributed by atoms with Gasteiger partial charge in [0.2, 0.25) is 0 Å². The maximum atomic E-state index is 6.05. The third kappa shape index (κ3) is 3.81. The van der Waals surface area contributed by atoms with Crippen molar-refractivity contribution in [2.24, 2.45) is 0 Å². The van der Waals surface area contributed by atoms with Gasteiger partial charge in [-0.2, -0.15) is 0 Å². The first kappa shape index (κ1) is 14.5. The summed E-state index contributed by atoms with van der Waals surface area (Å²) in [6, 6.07) is 10.2. The Kier molecular flexibility index (Phi) is 5.13. The summed E-state index contributed by atoms with van der Waals surface area (Å²) in [6.07, 6.45) is 2.90. The molecule has 0 radical (unpaired) electrons. The third-order valence-electron chi connectivity index (χ3n) is 3.18. The average molecular weight is 270 g/mol. The number of pyridine rings is 1. The smallest absolute Gasteiger partial charge is 0.135 e. The quantitative estimate of drug-likeness (QED) is 0.865. The van der Waals surface area contributed by atoms with Crippen molar-refractivity contribution in [2.45, 2.75) is 33.7 Å². The van der Waals surface area contributed by atoms with Gasteiger partial charge in [-0.3, -0.25) is 4.98 Å². The predicted molar refractivity (Wildman–Crippen MR) is 82.2 cm³/mol. The highest BCUT2D eigenvalue weighted by molar-refractivity contribution is 5.38. The highest BCUT2D eigenvalue weighted by Crippen LogP contribution is 2.26. The maximum absolute atomic E-state index is 6.05. The van der Waals surface area contributed by atoms with Gasteiger partial charge in [0.15, 0.2) is 0 Å². The first-order chi connectivity index (χ1) is 9.72. The minimum Gasteiger partial charge on any atom is -0.457 e. The molecular formula is C17H22N2O. The maximum Gasteiger partial charge on any atom is 0.135 e. The molecule has 0 bridgehead atoms. The lowest BCUT2D eigenvalue weighted by Crippen LogP contribution is -2.12. The van der Waals surface area contributed by atoms with Crippen molar-refractivity contribution >= 4 is 0 Å². The average Bonchev–Trinajstić information content (AvgIpc) is 2.47. The second kappa shape index (κ2) is 7.06. The molecular weight excluding hydrogens is 248 g/mol. The van der Waals surface area contributed by atoms with E-state index in [1.54, 1.807) is 0 Å². The molecule has 0 unspecified atom stereocenters. The highest BCUT2D eigenvalue weighted by atomic mass is 16.5. The molecule has 0 saturated heterocycles. The van der Waals surface area contributed by atoms with Crippen LogP contribution in [0.5, 0.6) is 11.5 Å². The molecule has 2 aromatic rings. The molecule has 0 atom stereocenters. The van der Waals surface area contributed by atoms with Crippen LogP contribution in [0.1, 0.15) is 30.7 Å². The fourth-order valence-corrected chi connectivity index (χ4v) is 2.01. The summed E-state index contributed by atoms with van der Waals surface area (Å²) in [4.78, 5) is 4.35. The molecule has 1 heterocycles. The van der Waals surface area contributed by atoms with E-state index in [-0.39, 0.29) is 0 Å². The van der Waals surface area contributed by atoms with Crippen LogP contribution in [0.3, 0.4) is 0 Å². The lowest BCUT2D eigenvalue weighted by atomic mass is 10.1. The Hall–Kier alpha value is -1.87. The third-order valence-corrected chi connectivity index (χ3v) is 3.18. The second-order valence-corrected chi connectivity index (χ2v) is 4.82. The Morgan fingerprint density at radius 3 is 2.80 bits per heavy atom. The summed E-state index contributed by atoms with van der Waals surface area (Å²) in [5.74, 6) is 1.76. The number of ether oxygens (including phenoxy) is 1. The molecule has 1 N–H and O–H groups in total. The molecule has 0 fully saturated rings. The van der Waals surface area contributed by atoms with Gasteiger partial charge in [0.25, 0.3) is 0 Å². The van der Waals surface area contributed by atoms with Crippen LogP contribution in [-0.2, 0) is 13.0 Å². The van der Waals surface area contributed by atoms with Crippen molar-refractivity contribution in [1.29, 1.82) is 0 Å². The first-order valence-electron chi connectivity index (χ1n) is 7.16. The van der Waals surface area contributed by atoms with E-state index in [2.05, 4.69) is 36.3 Å². The molecule has 0 saturated carbocycles. The van der Waals surface area contributed by atoms with Gasteiger partial charge < -0.3 is 10.1 Å². The van der Waals surface area contributed by atoms with Crippen LogP contribution in [0.4, 0.5) is 0 Å². The number of aryl methyl sites for hydroxylation is 2. The molecule has 0 amide bonds. The van der Waals surface area contributed by atoms with Gasteiger partial charge >= 0.3 is 0 Å². The number of benzene rings is 1. The molecule has 1 aromatic heterocycles. The molecule has 2 rings (SSSR count). The fraction of sp³-hybridized carbons (Fsp3) is 0.353. The molecule has 3 heteroatoms. The zero-order chi connectivity index (χ0) is 14.4. The fourth-order valence-electron chi connectivity index (χ4n) is 2.01. The normalized spacial score (nSPS) is 10.6. The van der Waals surface area contributed by atoms with E-state index < -0.39 is 0 Å². The molecule has 0 aliphatic carbocycles. The van der Waals surface area contributed by atoms with Crippen LogP contribution in [0.15, 0.2) is 36.5 Å². The highest BCUT2D eigenvalue weighted by Gasteiger charge is 2.06. The number of nitrogens with one attached hydrogen (secondary N) is 1. The molecule has 1 aromatic carbocycles. The van der Waals surface area contributed by atoms with Crippen molar-refractivity contribution < 1.29 is 4.74 Å². The van der Waals surface area contributed by atoms with E-state index >= 15 is 0 Å². The zero-order valence-electron chi connectivity index (χ0n) is 12.4. The van der Waals surface area contributed by atoms with Crippen molar-refractivity contribution in [3.63, 3.8) is 0 Å². The Labute approximate surface area is 121 Å². The molecule has 106 valence electrons. The molecule has 20 heavy (non-hydrogen) atoms. The lowest BCUT2D eigenvalue weighted by Gasteiger charge is -2.12. The first-order valence-corrected chi connectivity index (χ1v) is 7.16. The number of hydrogen-bond donors (Lipinski definition) is 1. The van der Waals surface area contributed by atoms with Crippen molar-refractivity contribution in [1.82, 2.24) is 10.3 Å². The molecule has 0 spiro atoms. The predicted octanol–water partition coefficient (Wildman–Crippen LogP) is 3.85. The van der Waals surface area contributed by atoms with Crippen LogP contribution in [0.25, 0.3) is 0 Å². The van der Waals surface area contributed by atoms with Gasteiger partial charge in [-0.05, 0) is 37.6 Å². The summed E-state index contributed by atoms with van der Waals surface area (Å²) in [6.45, 7) is 7.91. The van der Waals surface area contributed by atoms with Crippen LogP contribution in [0, 0.1) is 6.92 Å². The van der Waals surface area contributed by atoms with Gasteiger partial charge in [0.1, 0.15) is 11.5 Å². The van der Waals surface area contributed by atoms with Gasteiger partial charge in [-0.15, -0.1) is 0 Å². The molecule has 0 aliphatic heterocycles. The van der Waals surface area contributed by atoms with Crippen LogP contribution >= 0.6 is 0 Å². The minimum absolute atomic E-state index is 0.770. The van der Waals surface area contributed by atoms with E-state index in [0.29, 0.717) is 0 Å². The van der Waals surface area contributed by atoms with Crippen molar-refractivity contribution in [3.05, 3.63) is 53.3 Å². The second-order valence-electron chi connectivity index (χ2n) is 4.82. The Morgan fingerprint density at radius 2 is 2.05 bits per heavy atom. The van der Waals surface area contributed by atoms with Crippen molar-refractivity contribution in [3.8, 4) is 11.5 Å². The van der Waals surface area contributed by atoms with E-state index in [1.807, 2.05) is 31.3 Å². The Morgan fingerprint density at radius 1 is 1.20 bits per heavy atom. The monoisotopic (exact) mass is 270 g/mol. The minimum atomic E-state index is 0.770. The standard InChI is InChI=1S/C17H22N2O/c1-4-14-7-6-8-16(10-14)20-17-9-13(3)19-12-15(17)11-18-5-2/h6-10,12,18H,4-5,11H2,1-3H3. The number of nitrogens with zero attached hydrogens (tertiary/aromatic N) is 1. The van der Waals surface area contributed by atoms with Crippen molar-refractivity contribution in [2.75, 3.05) is 6.54 Å². The van der Waals surface area contributed by atoms with E-state index in [0.717, 1.165) is 42.3 Å². The summed E-state index contributed by atoms with van der Waals surface area (Å²) in [7, 11) is 0. The summed E-state index contributed by atoms with van der Waals surface area (Å²) in [5, 5.41) is 3.31. The Balaban J connectivity index is 2.24. The van der Waals surface area contributed by atoms with E-state index in [4.69, 9.17) is 4.74 Å². The topological polar surface area (TPSA) is 34.2 Å². The van der Waals surface area contributed by atoms with Crippen LogP contribution < -0.4 is 10.1 Å².